The molecule has 0 radical (unpaired) electrons. The minimum atomic E-state index is -0.630. The van der Waals surface area contributed by atoms with Crippen molar-refractivity contribution in [3.63, 3.8) is 0 Å². The third-order valence-corrected chi connectivity index (χ3v) is 5.11. The Balaban J connectivity index is 1.64. The van der Waals surface area contributed by atoms with E-state index in [0.717, 1.165) is 26.4 Å². The molecule has 1 heterocycles. The van der Waals surface area contributed by atoms with Crippen LogP contribution in [0.2, 0.25) is 0 Å². The second-order valence-electron chi connectivity index (χ2n) is 6.18. The number of benzene rings is 2. The molecule has 1 amide bonds. The largest absolute Gasteiger partial charge is 0.383 e. The average Bonchev–Trinajstić information content (AvgIpc) is 3.08. The number of hydrogen-bond acceptors (Lipinski definition) is 3. The van der Waals surface area contributed by atoms with Gasteiger partial charge in [-0.05, 0) is 43.7 Å². The van der Waals surface area contributed by atoms with Crippen LogP contribution >= 0.6 is 11.3 Å². The van der Waals surface area contributed by atoms with E-state index in [1.165, 1.54) is 11.3 Å². The van der Waals surface area contributed by atoms with Crippen LogP contribution in [0.15, 0.2) is 60.7 Å². The van der Waals surface area contributed by atoms with E-state index in [2.05, 4.69) is 5.32 Å². The molecule has 0 spiro atoms. The van der Waals surface area contributed by atoms with Crippen molar-refractivity contribution in [2.75, 3.05) is 0 Å². The summed E-state index contributed by atoms with van der Waals surface area (Å²) in [5.41, 5.74) is 3.71. The molecule has 1 unspecified atom stereocenters. The number of aliphatic hydroxyl groups is 1. The maximum absolute atomic E-state index is 12.3. The van der Waals surface area contributed by atoms with Gasteiger partial charge in [-0.2, -0.15) is 0 Å². The van der Waals surface area contributed by atoms with Crippen LogP contribution in [0.3, 0.4) is 0 Å². The van der Waals surface area contributed by atoms with Gasteiger partial charge in [-0.1, -0.05) is 47.5 Å². The number of rotatable bonds is 5. The van der Waals surface area contributed by atoms with Crippen molar-refractivity contribution in [3.05, 3.63) is 92.7 Å². The van der Waals surface area contributed by atoms with E-state index in [1.54, 1.807) is 0 Å². The third kappa shape index (κ3) is 4.35. The monoisotopic (exact) mass is 351 g/mol. The lowest BCUT2D eigenvalue weighted by Crippen LogP contribution is -2.22. The molecule has 2 aromatic carbocycles. The van der Waals surface area contributed by atoms with Crippen LogP contribution in [0, 0.1) is 13.8 Å². The predicted octanol–water partition coefficient (Wildman–Crippen LogP) is 4.38. The Kier molecular flexibility index (Phi) is 5.31. The number of carbonyl (C=O) groups excluding carboxylic acids is 1. The van der Waals surface area contributed by atoms with Gasteiger partial charge in [0.15, 0.2) is 0 Å². The van der Waals surface area contributed by atoms with Gasteiger partial charge >= 0.3 is 0 Å². The Bertz CT molecular complexity index is 850. The molecule has 3 nitrogen and oxygen atoms in total. The summed E-state index contributed by atoms with van der Waals surface area (Å²) in [4.78, 5) is 14.2. The minimum absolute atomic E-state index is 0.0784. The van der Waals surface area contributed by atoms with Gasteiger partial charge in [0.2, 0.25) is 0 Å². The normalized spacial score (nSPS) is 12.0. The molecule has 1 aromatic heterocycles. The Hall–Kier alpha value is -2.43. The van der Waals surface area contributed by atoms with Gasteiger partial charge in [0.05, 0.1) is 6.54 Å². The van der Waals surface area contributed by atoms with Gasteiger partial charge in [-0.25, -0.2) is 0 Å². The summed E-state index contributed by atoms with van der Waals surface area (Å²) >= 11 is 1.51. The predicted molar refractivity (Wildman–Crippen MR) is 102 cm³/mol. The zero-order valence-corrected chi connectivity index (χ0v) is 15.1. The van der Waals surface area contributed by atoms with Gasteiger partial charge in [-0.3, -0.25) is 4.79 Å². The van der Waals surface area contributed by atoms with Crippen molar-refractivity contribution in [1.82, 2.24) is 5.32 Å². The highest BCUT2D eigenvalue weighted by Crippen LogP contribution is 2.28. The third-order valence-electron chi connectivity index (χ3n) is 3.97. The molecule has 1 atom stereocenters. The summed E-state index contributed by atoms with van der Waals surface area (Å²) < 4.78 is 0. The van der Waals surface area contributed by atoms with E-state index in [0.29, 0.717) is 12.1 Å². The smallest absolute Gasteiger partial charge is 0.251 e. The van der Waals surface area contributed by atoms with Crippen molar-refractivity contribution >= 4 is 17.2 Å². The van der Waals surface area contributed by atoms with Crippen molar-refractivity contribution in [1.29, 1.82) is 0 Å². The molecule has 2 N–H and O–H groups in total. The van der Waals surface area contributed by atoms with Crippen molar-refractivity contribution in [3.8, 4) is 0 Å². The lowest BCUT2D eigenvalue weighted by Gasteiger charge is -2.08. The molecule has 25 heavy (non-hydrogen) atoms. The lowest BCUT2D eigenvalue weighted by molar-refractivity contribution is 0.0951. The lowest BCUT2D eigenvalue weighted by atomic mass is 10.1. The van der Waals surface area contributed by atoms with Gasteiger partial charge in [0, 0.05) is 15.3 Å². The molecule has 128 valence electrons. The fraction of sp³-hybridized carbons (Fsp3) is 0.190. The molecule has 0 aliphatic heterocycles. The van der Waals surface area contributed by atoms with E-state index in [1.807, 2.05) is 74.5 Å². The van der Waals surface area contributed by atoms with E-state index in [-0.39, 0.29) is 5.91 Å². The molecular formula is C21H21NO2S. The summed E-state index contributed by atoms with van der Waals surface area (Å²) in [6, 6.07) is 19.3. The quantitative estimate of drug-likeness (QED) is 0.717. The van der Waals surface area contributed by atoms with Crippen LogP contribution in [-0.4, -0.2) is 11.0 Å². The highest BCUT2D eigenvalue weighted by molar-refractivity contribution is 7.12. The summed E-state index contributed by atoms with van der Waals surface area (Å²) in [5, 5.41) is 13.4. The summed E-state index contributed by atoms with van der Waals surface area (Å²) in [6.45, 7) is 4.43. The molecule has 4 heteroatoms. The molecule has 0 aliphatic rings. The summed E-state index contributed by atoms with van der Waals surface area (Å²) in [6.07, 6.45) is -0.630. The van der Waals surface area contributed by atoms with Crippen molar-refractivity contribution in [2.45, 2.75) is 26.5 Å². The Morgan fingerprint density at radius 3 is 2.40 bits per heavy atom. The number of amides is 1. The molecule has 0 aliphatic carbocycles. The molecule has 0 saturated carbocycles. The maximum atomic E-state index is 12.3. The van der Waals surface area contributed by atoms with Gasteiger partial charge in [-0.15, -0.1) is 11.3 Å². The van der Waals surface area contributed by atoms with Crippen LogP contribution in [0.1, 0.15) is 42.9 Å². The van der Waals surface area contributed by atoms with Gasteiger partial charge in [0.25, 0.3) is 5.91 Å². The Labute approximate surface area is 152 Å². The Morgan fingerprint density at radius 1 is 1.04 bits per heavy atom. The summed E-state index contributed by atoms with van der Waals surface area (Å²) in [7, 11) is 0. The van der Waals surface area contributed by atoms with Crippen LogP contribution in [0.25, 0.3) is 0 Å². The molecule has 3 rings (SSSR count). The molecule has 0 bridgehead atoms. The second-order valence-corrected chi connectivity index (χ2v) is 7.38. The highest BCUT2D eigenvalue weighted by Gasteiger charge is 2.13. The standard InChI is InChI=1S/C21H21NO2S/c1-14-10-15(2)12-17(11-14)21(24)22-13-18-8-9-19(25-18)20(23)16-6-4-3-5-7-16/h3-12,20,23H,13H2,1-2H3,(H,22,24). The fourth-order valence-electron chi connectivity index (χ4n) is 2.81. The molecule has 0 fully saturated rings. The Morgan fingerprint density at radius 2 is 1.72 bits per heavy atom. The van der Waals surface area contributed by atoms with Gasteiger partial charge < -0.3 is 10.4 Å². The topological polar surface area (TPSA) is 49.3 Å². The SMILES string of the molecule is Cc1cc(C)cc(C(=O)NCc2ccc(C(O)c3ccccc3)s2)c1. The number of nitrogens with one attached hydrogen (secondary N) is 1. The van der Waals surface area contributed by atoms with E-state index in [4.69, 9.17) is 0 Å². The minimum Gasteiger partial charge on any atom is -0.383 e. The summed E-state index contributed by atoms with van der Waals surface area (Å²) in [5.74, 6) is -0.0784. The van der Waals surface area contributed by atoms with E-state index in [9.17, 15) is 9.90 Å². The highest BCUT2D eigenvalue weighted by atomic mass is 32.1. The second kappa shape index (κ2) is 7.64. The zero-order valence-electron chi connectivity index (χ0n) is 14.3. The first-order valence-corrected chi connectivity index (χ1v) is 9.02. The number of carbonyl (C=O) groups is 1. The van der Waals surface area contributed by atoms with Crippen molar-refractivity contribution < 1.29 is 9.90 Å². The van der Waals surface area contributed by atoms with Crippen molar-refractivity contribution in [2.24, 2.45) is 0 Å². The van der Waals surface area contributed by atoms with Crippen LogP contribution in [0.4, 0.5) is 0 Å². The van der Waals surface area contributed by atoms with Gasteiger partial charge in [0.1, 0.15) is 6.10 Å². The first-order chi connectivity index (χ1) is 12.0. The van der Waals surface area contributed by atoms with Crippen LogP contribution in [0.5, 0.6) is 0 Å². The van der Waals surface area contributed by atoms with E-state index < -0.39 is 6.10 Å². The fourth-order valence-corrected chi connectivity index (χ4v) is 3.78. The number of aliphatic hydroxyl groups excluding tert-OH is 1. The number of aryl methyl sites for hydroxylation is 2. The van der Waals surface area contributed by atoms with Crippen LogP contribution < -0.4 is 5.32 Å². The molecule has 0 saturated heterocycles. The molecular weight excluding hydrogens is 330 g/mol. The average molecular weight is 351 g/mol. The first-order valence-electron chi connectivity index (χ1n) is 8.21. The maximum Gasteiger partial charge on any atom is 0.251 e. The first kappa shape index (κ1) is 17.4. The van der Waals surface area contributed by atoms with E-state index >= 15 is 0 Å². The zero-order chi connectivity index (χ0) is 17.8. The van der Waals surface area contributed by atoms with Crippen LogP contribution in [-0.2, 0) is 6.54 Å². The number of hydrogen-bond donors (Lipinski definition) is 2. The number of thiophene rings is 1. The molecule has 3 aromatic rings.